The molecule has 0 aliphatic rings. The van der Waals surface area contributed by atoms with E-state index in [1.807, 2.05) is 55.5 Å². The third kappa shape index (κ3) is 2.88. The van der Waals surface area contributed by atoms with Gasteiger partial charge in [0.05, 0.1) is 5.71 Å². The second-order valence-corrected chi connectivity index (χ2v) is 4.10. The van der Waals surface area contributed by atoms with Gasteiger partial charge in [-0.3, -0.25) is 4.79 Å². The Balaban J connectivity index is 2.46. The zero-order chi connectivity index (χ0) is 13.7. The van der Waals surface area contributed by atoms with Gasteiger partial charge in [0.25, 0.3) is 0 Å². The number of carbonyl (C=O) groups excluding carboxylic acids is 1. The lowest BCUT2D eigenvalue weighted by atomic mass is 9.96. The molecule has 2 aromatic carbocycles. The SMILES string of the molecule is CO/N=C(\C)c1ccccc1C(=O)c1ccccc1. The molecule has 0 fully saturated rings. The van der Waals surface area contributed by atoms with E-state index >= 15 is 0 Å². The van der Waals surface area contributed by atoms with Gasteiger partial charge in [0.1, 0.15) is 7.11 Å². The maximum absolute atomic E-state index is 12.5. The van der Waals surface area contributed by atoms with E-state index in [4.69, 9.17) is 4.84 Å². The van der Waals surface area contributed by atoms with Gasteiger partial charge in [-0.15, -0.1) is 0 Å². The highest BCUT2D eigenvalue weighted by molar-refractivity contribution is 6.16. The number of carbonyl (C=O) groups is 1. The average Bonchev–Trinajstić information content (AvgIpc) is 2.47. The molecule has 0 spiro atoms. The molecule has 19 heavy (non-hydrogen) atoms. The number of benzene rings is 2. The monoisotopic (exact) mass is 253 g/mol. The van der Waals surface area contributed by atoms with Crippen LogP contribution in [-0.4, -0.2) is 18.6 Å². The van der Waals surface area contributed by atoms with Crippen LogP contribution in [-0.2, 0) is 4.84 Å². The molecule has 0 heterocycles. The predicted molar refractivity (Wildman–Crippen MR) is 75.5 cm³/mol. The number of ketones is 1. The van der Waals surface area contributed by atoms with Crippen molar-refractivity contribution in [1.29, 1.82) is 0 Å². The maximum atomic E-state index is 12.5. The van der Waals surface area contributed by atoms with E-state index in [2.05, 4.69) is 5.16 Å². The van der Waals surface area contributed by atoms with Crippen LogP contribution in [0.5, 0.6) is 0 Å². The molecule has 2 aromatic rings. The van der Waals surface area contributed by atoms with E-state index in [0.717, 1.165) is 5.56 Å². The number of oxime groups is 1. The highest BCUT2D eigenvalue weighted by atomic mass is 16.6. The van der Waals surface area contributed by atoms with Gasteiger partial charge in [0, 0.05) is 16.7 Å². The van der Waals surface area contributed by atoms with E-state index in [0.29, 0.717) is 16.8 Å². The molecule has 2 rings (SSSR count). The van der Waals surface area contributed by atoms with Crippen molar-refractivity contribution in [2.75, 3.05) is 7.11 Å². The standard InChI is InChI=1S/C16H15NO2/c1-12(17-19-2)14-10-6-7-11-15(14)16(18)13-8-4-3-5-9-13/h3-11H,1-2H3/b17-12+. The molecular weight excluding hydrogens is 238 g/mol. The van der Waals surface area contributed by atoms with Gasteiger partial charge < -0.3 is 4.84 Å². The molecule has 0 aliphatic carbocycles. The minimum atomic E-state index is -0.0122. The van der Waals surface area contributed by atoms with Crippen LogP contribution in [0.2, 0.25) is 0 Å². The third-order valence-corrected chi connectivity index (χ3v) is 2.83. The Hall–Kier alpha value is -2.42. The molecule has 0 saturated heterocycles. The van der Waals surface area contributed by atoms with Crippen molar-refractivity contribution in [2.24, 2.45) is 5.16 Å². The summed E-state index contributed by atoms with van der Waals surface area (Å²) in [7, 11) is 1.49. The van der Waals surface area contributed by atoms with E-state index in [9.17, 15) is 4.79 Å². The van der Waals surface area contributed by atoms with Crippen molar-refractivity contribution in [3.05, 3.63) is 71.3 Å². The summed E-state index contributed by atoms with van der Waals surface area (Å²) in [4.78, 5) is 17.3. The second-order valence-electron chi connectivity index (χ2n) is 4.10. The molecule has 96 valence electrons. The first-order chi connectivity index (χ1) is 9.24. The predicted octanol–water partition coefficient (Wildman–Crippen LogP) is 3.29. The average molecular weight is 253 g/mol. The van der Waals surface area contributed by atoms with Gasteiger partial charge in [-0.2, -0.15) is 0 Å². The molecular formula is C16H15NO2. The fourth-order valence-electron chi connectivity index (χ4n) is 1.93. The van der Waals surface area contributed by atoms with Crippen molar-refractivity contribution >= 4 is 11.5 Å². The normalized spacial score (nSPS) is 11.2. The molecule has 0 radical (unpaired) electrons. The van der Waals surface area contributed by atoms with Crippen LogP contribution >= 0.6 is 0 Å². The number of nitrogens with zero attached hydrogens (tertiary/aromatic N) is 1. The van der Waals surface area contributed by atoms with Gasteiger partial charge in [-0.1, -0.05) is 59.8 Å². The Morgan fingerprint density at radius 2 is 1.53 bits per heavy atom. The van der Waals surface area contributed by atoms with Gasteiger partial charge in [-0.05, 0) is 6.92 Å². The van der Waals surface area contributed by atoms with Crippen LogP contribution in [0.25, 0.3) is 0 Å². The third-order valence-electron chi connectivity index (χ3n) is 2.83. The molecule has 0 amide bonds. The fraction of sp³-hybridized carbons (Fsp3) is 0.125. The van der Waals surface area contributed by atoms with Crippen LogP contribution in [0.1, 0.15) is 28.4 Å². The molecule has 0 bridgehead atoms. The highest BCUT2D eigenvalue weighted by Gasteiger charge is 2.14. The summed E-state index contributed by atoms with van der Waals surface area (Å²) < 4.78 is 0. The zero-order valence-corrected chi connectivity index (χ0v) is 11.0. The summed E-state index contributed by atoms with van der Waals surface area (Å²) in [5.74, 6) is -0.0122. The van der Waals surface area contributed by atoms with Crippen molar-refractivity contribution in [1.82, 2.24) is 0 Å². The summed E-state index contributed by atoms with van der Waals surface area (Å²) in [5.41, 5.74) is 2.77. The quantitative estimate of drug-likeness (QED) is 0.476. The minimum Gasteiger partial charge on any atom is -0.399 e. The summed E-state index contributed by atoms with van der Waals surface area (Å²) in [6.45, 7) is 1.82. The van der Waals surface area contributed by atoms with Gasteiger partial charge in [0.15, 0.2) is 5.78 Å². The molecule has 0 atom stereocenters. The Labute approximate surface area is 112 Å². The summed E-state index contributed by atoms with van der Waals surface area (Å²) in [5, 5.41) is 3.90. The molecule has 0 unspecified atom stereocenters. The second kappa shape index (κ2) is 5.96. The van der Waals surface area contributed by atoms with E-state index in [-0.39, 0.29) is 5.78 Å². The smallest absolute Gasteiger partial charge is 0.193 e. The van der Waals surface area contributed by atoms with Crippen LogP contribution < -0.4 is 0 Å². The van der Waals surface area contributed by atoms with Crippen molar-refractivity contribution < 1.29 is 9.63 Å². The van der Waals surface area contributed by atoms with Crippen molar-refractivity contribution in [2.45, 2.75) is 6.92 Å². The Bertz CT molecular complexity index is 603. The lowest BCUT2D eigenvalue weighted by Gasteiger charge is -2.07. The first-order valence-electron chi connectivity index (χ1n) is 6.01. The van der Waals surface area contributed by atoms with Gasteiger partial charge >= 0.3 is 0 Å². The number of hydrogen-bond acceptors (Lipinski definition) is 3. The van der Waals surface area contributed by atoms with E-state index in [1.165, 1.54) is 7.11 Å². The maximum Gasteiger partial charge on any atom is 0.193 e. The molecule has 0 saturated carbocycles. The Morgan fingerprint density at radius 1 is 0.947 bits per heavy atom. The van der Waals surface area contributed by atoms with Crippen LogP contribution in [0.3, 0.4) is 0 Å². The molecule has 0 aromatic heterocycles. The molecule has 3 nitrogen and oxygen atoms in total. The molecule has 0 N–H and O–H groups in total. The van der Waals surface area contributed by atoms with Gasteiger partial charge in [-0.25, -0.2) is 0 Å². The lowest BCUT2D eigenvalue weighted by Crippen LogP contribution is -2.08. The zero-order valence-electron chi connectivity index (χ0n) is 11.0. The van der Waals surface area contributed by atoms with Crippen LogP contribution in [0.15, 0.2) is 59.8 Å². The first-order valence-corrected chi connectivity index (χ1v) is 6.01. The summed E-state index contributed by atoms with van der Waals surface area (Å²) in [6.07, 6.45) is 0. The van der Waals surface area contributed by atoms with Crippen molar-refractivity contribution in [3.8, 4) is 0 Å². The molecule has 3 heteroatoms. The number of hydrogen-bond donors (Lipinski definition) is 0. The minimum absolute atomic E-state index is 0.0122. The van der Waals surface area contributed by atoms with E-state index in [1.54, 1.807) is 6.07 Å². The van der Waals surface area contributed by atoms with Crippen LogP contribution in [0, 0.1) is 0 Å². The number of rotatable bonds is 4. The topological polar surface area (TPSA) is 38.7 Å². The Kier molecular flexibility index (Phi) is 4.08. The largest absolute Gasteiger partial charge is 0.399 e. The van der Waals surface area contributed by atoms with Gasteiger partial charge in [0.2, 0.25) is 0 Å². The molecule has 0 aliphatic heterocycles. The first kappa shape index (κ1) is 13.0. The fourth-order valence-corrected chi connectivity index (χ4v) is 1.93. The van der Waals surface area contributed by atoms with E-state index < -0.39 is 0 Å². The Morgan fingerprint density at radius 3 is 2.16 bits per heavy atom. The van der Waals surface area contributed by atoms with Crippen LogP contribution in [0.4, 0.5) is 0 Å². The lowest BCUT2D eigenvalue weighted by molar-refractivity contribution is 0.103. The summed E-state index contributed by atoms with van der Waals surface area (Å²) in [6, 6.07) is 16.6. The summed E-state index contributed by atoms with van der Waals surface area (Å²) >= 11 is 0. The van der Waals surface area contributed by atoms with Crippen molar-refractivity contribution in [3.63, 3.8) is 0 Å². The highest BCUT2D eigenvalue weighted by Crippen LogP contribution is 2.15.